The highest BCUT2D eigenvalue weighted by atomic mass is 35.5. The molecule has 1 heterocycles. The molecule has 4 heteroatoms. The summed E-state index contributed by atoms with van der Waals surface area (Å²) < 4.78 is 0. The van der Waals surface area contributed by atoms with E-state index in [1.54, 1.807) is 0 Å². The zero-order valence-corrected chi connectivity index (χ0v) is 12.3. The summed E-state index contributed by atoms with van der Waals surface area (Å²) in [5.74, 6) is 0.234. The molecule has 3 rings (SSSR count). The van der Waals surface area contributed by atoms with Gasteiger partial charge >= 0.3 is 0 Å². The van der Waals surface area contributed by atoms with E-state index in [0.29, 0.717) is 31.0 Å². The quantitative estimate of drug-likeness (QED) is 0.911. The Morgan fingerprint density at radius 1 is 1.20 bits per heavy atom. The minimum Gasteiger partial charge on any atom is -0.393 e. The number of carbonyl (C=O) groups excluding carboxylic acids is 1. The van der Waals surface area contributed by atoms with Crippen molar-refractivity contribution >= 4 is 17.5 Å². The van der Waals surface area contributed by atoms with Crippen molar-refractivity contribution < 1.29 is 9.90 Å². The van der Waals surface area contributed by atoms with Crippen molar-refractivity contribution in [1.82, 2.24) is 4.90 Å². The summed E-state index contributed by atoms with van der Waals surface area (Å²) >= 11 is 5.94. The minimum atomic E-state index is -0.340. The van der Waals surface area contributed by atoms with Gasteiger partial charge in [0.15, 0.2) is 0 Å². The molecular weight excluding hydrogens is 274 g/mol. The zero-order valence-electron chi connectivity index (χ0n) is 11.5. The van der Waals surface area contributed by atoms with Crippen LogP contribution < -0.4 is 0 Å². The molecule has 1 aromatic carbocycles. The molecule has 1 aromatic rings. The Bertz CT molecular complexity index is 488. The van der Waals surface area contributed by atoms with Crippen molar-refractivity contribution in [2.24, 2.45) is 0 Å². The maximum atomic E-state index is 12.9. The van der Waals surface area contributed by atoms with E-state index in [0.717, 1.165) is 24.8 Å². The fraction of sp³-hybridized carbons (Fsp3) is 0.562. The number of benzene rings is 1. The first kappa shape index (κ1) is 13.9. The number of rotatable bonds is 2. The van der Waals surface area contributed by atoms with Crippen LogP contribution in [0.3, 0.4) is 0 Å². The van der Waals surface area contributed by atoms with Gasteiger partial charge in [0.05, 0.1) is 11.5 Å². The number of aliphatic hydroxyl groups excluding tert-OH is 1. The first-order chi connectivity index (χ1) is 9.62. The van der Waals surface area contributed by atoms with Crippen LogP contribution in [0.5, 0.6) is 0 Å². The molecule has 1 saturated carbocycles. The van der Waals surface area contributed by atoms with E-state index in [1.807, 2.05) is 29.2 Å². The van der Waals surface area contributed by atoms with E-state index in [2.05, 4.69) is 0 Å². The number of amides is 1. The Morgan fingerprint density at radius 2 is 1.80 bits per heavy atom. The zero-order chi connectivity index (χ0) is 14.2. The molecule has 0 atom stereocenters. The highest BCUT2D eigenvalue weighted by molar-refractivity contribution is 6.30. The third-order valence-electron chi connectivity index (χ3n) is 4.76. The van der Waals surface area contributed by atoms with Crippen molar-refractivity contribution in [3.8, 4) is 0 Å². The monoisotopic (exact) mass is 293 g/mol. The molecule has 1 saturated heterocycles. The molecule has 20 heavy (non-hydrogen) atoms. The van der Waals surface area contributed by atoms with E-state index in [9.17, 15) is 9.90 Å². The van der Waals surface area contributed by atoms with Crippen molar-refractivity contribution in [2.75, 3.05) is 13.1 Å². The van der Waals surface area contributed by atoms with Crippen LogP contribution >= 0.6 is 11.6 Å². The van der Waals surface area contributed by atoms with Gasteiger partial charge in [0, 0.05) is 18.1 Å². The largest absolute Gasteiger partial charge is 0.393 e. The molecule has 1 aliphatic carbocycles. The molecule has 0 spiro atoms. The van der Waals surface area contributed by atoms with E-state index < -0.39 is 0 Å². The number of piperidine rings is 1. The van der Waals surface area contributed by atoms with Crippen molar-refractivity contribution in [2.45, 2.75) is 43.6 Å². The SMILES string of the molecule is O=C(N1CCC(O)CC1)C1(c2ccc(Cl)cc2)CCC1. The topological polar surface area (TPSA) is 40.5 Å². The van der Waals surface area contributed by atoms with Gasteiger partial charge in [-0.15, -0.1) is 0 Å². The Labute approximate surface area is 124 Å². The molecular formula is C16H20ClNO2. The summed E-state index contributed by atoms with van der Waals surface area (Å²) in [5, 5.41) is 10.3. The highest BCUT2D eigenvalue weighted by Crippen LogP contribution is 2.45. The average molecular weight is 294 g/mol. The summed E-state index contributed by atoms with van der Waals surface area (Å²) in [5.41, 5.74) is 0.747. The number of aliphatic hydroxyl groups is 1. The number of hydrogen-bond donors (Lipinski definition) is 1. The predicted molar refractivity (Wildman–Crippen MR) is 78.8 cm³/mol. The van der Waals surface area contributed by atoms with Crippen LogP contribution in [0.25, 0.3) is 0 Å². The van der Waals surface area contributed by atoms with Gasteiger partial charge in [-0.3, -0.25) is 4.79 Å². The number of hydrogen-bond acceptors (Lipinski definition) is 2. The van der Waals surface area contributed by atoms with E-state index in [-0.39, 0.29) is 17.4 Å². The van der Waals surface area contributed by atoms with Gasteiger partial charge in [0.2, 0.25) is 5.91 Å². The Hall–Kier alpha value is -1.06. The first-order valence-electron chi connectivity index (χ1n) is 7.35. The molecule has 108 valence electrons. The second-order valence-corrected chi connectivity index (χ2v) is 6.40. The fourth-order valence-corrected chi connectivity index (χ4v) is 3.42. The second-order valence-electron chi connectivity index (χ2n) is 5.97. The van der Waals surface area contributed by atoms with Crippen LogP contribution in [0.1, 0.15) is 37.7 Å². The molecule has 0 unspecified atom stereocenters. The normalized spacial score (nSPS) is 22.4. The van der Waals surface area contributed by atoms with Gasteiger partial charge in [-0.05, 0) is 43.4 Å². The van der Waals surface area contributed by atoms with Crippen LogP contribution in [0.2, 0.25) is 5.02 Å². The van der Waals surface area contributed by atoms with Gasteiger partial charge in [-0.1, -0.05) is 30.2 Å². The predicted octanol–water partition coefficient (Wildman–Crippen LogP) is 2.75. The molecule has 2 aliphatic rings. The van der Waals surface area contributed by atoms with Crippen molar-refractivity contribution in [3.63, 3.8) is 0 Å². The number of halogens is 1. The van der Waals surface area contributed by atoms with Crippen LogP contribution in [0, 0.1) is 0 Å². The maximum absolute atomic E-state index is 12.9. The van der Waals surface area contributed by atoms with E-state index in [4.69, 9.17) is 11.6 Å². The van der Waals surface area contributed by atoms with Crippen molar-refractivity contribution in [3.05, 3.63) is 34.9 Å². The maximum Gasteiger partial charge on any atom is 0.233 e. The van der Waals surface area contributed by atoms with E-state index in [1.165, 1.54) is 0 Å². The molecule has 3 nitrogen and oxygen atoms in total. The molecule has 0 aromatic heterocycles. The summed E-state index contributed by atoms with van der Waals surface area (Å²) in [6.07, 6.45) is 4.10. The van der Waals surface area contributed by atoms with E-state index >= 15 is 0 Å². The molecule has 1 aliphatic heterocycles. The van der Waals surface area contributed by atoms with Crippen LogP contribution in [0.15, 0.2) is 24.3 Å². The van der Waals surface area contributed by atoms with Crippen LogP contribution in [-0.2, 0) is 10.2 Å². The Balaban J connectivity index is 1.81. The Kier molecular flexibility index (Phi) is 3.74. The standard InChI is InChI=1S/C16H20ClNO2/c17-13-4-2-12(3-5-13)16(8-1-9-16)15(20)18-10-6-14(19)7-11-18/h2-5,14,19H,1,6-11H2. The van der Waals surface area contributed by atoms with Gasteiger partial charge in [-0.2, -0.15) is 0 Å². The fourth-order valence-electron chi connectivity index (χ4n) is 3.30. The average Bonchev–Trinajstić information content (AvgIpc) is 2.40. The lowest BCUT2D eigenvalue weighted by atomic mass is 9.63. The smallest absolute Gasteiger partial charge is 0.233 e. The minimum absolute atomic E-state index is 0.234. The third kappa shape index (κ3) is 2.33. The molecule has 1 amide bonds. The lowest BCUT2D eigenvalue weighted by Crippen LogP contribution is -2.53. The molecule has 0 bridgehead atoms. The van der Waals surface area contributed by atoms with Gasteiger partial charge in [0.25, 0.3) is 0 Å². The third-order valence-corrected chi connectivity index (χ3v) is 5.02. The number of likely N-dealkylation sites (tertiary alicyclic amines) is 1. The van der Waals surface area contributed by atoms with Crippen LogP contribution in [0.4, 0.5) is 0 Å². The molecule has 2 fully saturated rings. The summed E-state index contributed by atoms with van der Waals surface area (Å²) in [7, 11) is 0. The van der Waals surface area contributed by atoms with Crippen LogP contribution in [-0.4, -0.2) is 35.1 Å². The van der Waals surface area contributed by atoms with Gasteiger partial charge in [0.1, 0.15) is 0 Å². The lowest BCUT2D eigenvalue weighted by molar-refractivity contribution is -0.143. The number of carbonyl (C=O) groups is 1. The number of nitrogens with zero attached hydrogens (tertiary/aromatic N) is 1. The van der Waals surface area contributed by atoms with Gasteiger partial charge in [-0.25, -0.2) is 0 Å². The highest BCUT2D eigenvalue weighted by Gasteiger charge is 2.47. The second kappa shape index (κ2) is 5.38. The van der Waals surface area contributed by atoms with Crippen molar-refractivity contribution in [1.29, 1.82) is 0 Å². The summed E-state index contributed by atoms with van der Waals surface area (Å²) in [6.45, 7) is 1.35. The summed E-state index contributed by atoms with van der Waals surface area (Å²) in [4.78, 5) is 14.8. The Morgan fingerprint density at radius 3 is 2.30 bits per heavy atom. The molecule has 1 N–H and O–H groups in total. The summed E-state index contributed by atoms with van der Waals surface area (Å²) in [6, 6.07) is 7.70. The van der Waals surface area contributed by atoms with Gasteiger partial charge < -0.3 is 10.0 Å². The molecule has 0 radical (unpaired) electrons. The lowest BCUT2D eigenvalue weighted by Gasteiger charge is -2.45. The first-order valence-corrected chi connectivity index (χ1v) is 7.73.